The average molecular weight is 274 g/mol. The molecular weight excluding hydrogens is 256 g/mol. The van der Waals surface area contributed by atoms with E-state index in [0.29, 0.717) is 22.2 Å². The van der Waals surface area contributed by atoms with E-state index in [4.69, 9.17) is 10.2 Å². The molecule has 0 spiro atoms. The molecule has 2 aromatic heterocycles. The molecule has 0 atom stereocenters. The number of allylic oxidation sites excluding steroid dienone is 1. The maximum Gasteiger partial charge on any atom is 0.347 e. The van der Waals surface area contributed by atoms with Gasteiger partial charge >= 0.3 is 5.63 Å². The Morgan fingerprint density at radius 1 is 1.50 bits per heavy atom. The molecule has 6 nitrogen and oxygen atoms in total. The Balaban J connectivity index is 2.51. The van der Waals surface area contributed by atoms with Gasteiger partial charge in [0.15, 0.2) is 0 Å². The molecule has 0 unspecified atom stereocenters. The molecule has 2 aromatic rings. The zero-order chi connectivity index (χ0) is 14.9. The van der Waals surface area contributed by atoms with E-state index in [2.05, 4.69) is 10.1 Å². The number of fused-ring (bicyclic) bond motifs is 1. The van der Waals surface area contributed by atoms with Crippen LogP contribution in [0.2, 0.25) is 0 Å². The molecular formula is C14H18N4O2. The van der Waals surface area contributed by atoms with Crippen LogP contribution in [-0.4, -0.2) is 21.5 Å². The number of nitrogens with zero attached hydrogens (tertiary/aromatic N) is 3. The Kier molecular flexibility index (Phi) is 3.48. The number of rotatable bonds is 2. The summed E-state index contributed by atoms with van der Waals surface area (Å²) in [5.41, 5.74) is 6.04. The van der Waals surface area contributed by atoms with Crippen molar-refractivity contribution in [1.82, 2.24) is 9.78 Å². The lowest BCUT2D eigenvalue weighted by atomic mass is 10.1. The predicted octanol–water partition coefficient (Wildman–Crippen LogP) is 1.70. The van der Waals surface area contributed by atoms with Crippen LogP contribution >= 0.6 is 0 Å². The Hall–Kier alpha value is -2.37. The van der Waals surface area contributed by atoms with Crippen LogP contribution in [0.4, 0.5) is 0 Å². The summed E-state index contributed by atoms with van der Waals surface area (Å²) in [6.07, 6.45) is 4.59. The quantitative estimate of drug-likeness (QED) is 0.844. The van der Waals surface area contributed by atoms with Crippen molar-refractivity contribution in [2.75, 3.05) is 0 Å². The minimum absolute atomic E-state index is 0.232. The fourth-order valence-electron chi connectivity index (χ4n) is 1.67. The molecule has 20 heavy (non-hydrogen) atoms. The second-order valence-corrected chi connectivity index (χ2v) is 5.55. The lowest BCUT2D eigenvalue weighted by molar-refractivity contribution is 0.507. The highest BCUT2D eigenvalue weighted by Crippen LogP contribution is 2.16. The van der Waals surface area contributed by atoms with Crippen molar-refractivity contribution in [2.24, 2.45) is 17.8 Å². The van der Waals surface area contributed by atoms with E-state index in [1.807, 2.05) is 20.8 Å². The number of hydrogen-bond donors (Lipinski definition) is 1. The van der Waals surface area contributed by atoms with E-state index in [-0.39, 0.29) is 5.54 Å². The van der Waals surface area contributed by atoms with Crippen molar-refractivity contribution >= 4 is 22.7 Å². The first-order valence-corrected chi connectivity index (χ1v) is 6.25. The summed E-state index contributed by atoms with van der Waals surface area (Å²) in [6, 6.07) is 1.68. The van der Waals surface area contributed by atoms with E-state index in [1.165, 1.54) is 6.20 Å². The molecule has 2 heterocycles. The van der Waals surface area contributed by atoms with Crippen LogP contribution in [-0.2, 0) is 7.05 Å². The highest BCUT2D eigenvalue weighted by molar-refractivity contribution is 6.09. The number of aliphatic imine (C=N–C) groups is 1. The lowest BCUT2D eigenvalue weighted by Crippen LogP contribution is -2.10. The number of nitrogens with two attached hydrogens (primary N) is 1. The van der Waals surface area contributed by atoms with Crippen molar-refractivity contribution in [3.8, 4) is 0 Å². The van der Waals surface area contributed by atoms with Crippen molar-refractivity contribution in [1.29, 1.82) is 0 Å². The molecule has 0 saturated heterocycles. The molecule has 2 N–H and O–H groups in total. The first-order valence-electron chi connectivity index (χ1n) is 6.25. The molecule has 0 aromatic carbocycles. The molecule has 0 aliphatic carbocycles. The minimum atomic E-state index is -0.436. The van der Waals surface area contributed by atoms with Crippen LogP contribution in [0.25, 0.3) is 16.5 Å². The van der Waals surface area contributed by atoms with Crippen LogP contribution in [0.3, 0.4) is 0 Å². The third-order valence-corrected chi connectivity index (χ3v) is 2.60. The summed E-state index contributed by atoms with van der Waals surface area (Å²) in [4.78, 5) is 16.3. The molecule has 0 aliphatic rings. The van der Waals surface area contributed by atoms with Gasteiger partial charge in [-0.2, -0.15) is 5.10 Å². The first kappa shape index (κ1) is 14.0. The van der Waals surface area contributed by atoms with Crippen molar-refractivity contribution < 1.29 is 4.42 Å². The number of hydrogen-bond acceptors (Lipinski definition) is 5. The van der Waals surface area contributed by atoms with Gasteiger partial charge in [0.25, 0.3) is 0 Å². The molecule has 0 aliphatic heterocycles. The van der Waals surface area contributed by atoms with Crippen LogP contribution in [0.5, 0.6) is 0 Å². The third kappa shape index (κ3) is 2.96. The zero-order valence-corrected chi connectivity index (χ0v) is 12.0. The zero-order valence-electron chi connectivity index (χ0n) is 12.0. The van der Waals surface area contributed by atoms with Gasteiger partial charge in [-0.3, -0.25) is 9.67 Å². The van der Waals surface area contributed by atoms with E-state index >= 15 is 0 Å². The van der Waals surface area contributed by atoms with Gasteiger partial charge in [0.2, 0.25) is 0 Å². The first-order chi connectivity index (χ1) is 9.30. The third-order valence-electron chi connectivity index (χ3n) is 2.60. The molecule has 2 rings (SSSR count). The van der Waals surface area contributed by atoms with Crippen LogP contribution in [0, 0.1) is 0 Å². The Bertz CT molecular complexity index is 745. The molecule has 106 valence electrons. The monoisotopic (exact) mass is 274 g/mol. The summed E-state index contributed by atoms with van der Waals surface area (Å²) in [6.45, 7) is 5.90. The van der Waals surface area contributed by atoms with Gasteiger partial charge in [-0.25, -0.2) is 4.79 Å². The van der Waals surface area contributed by atoms with Gasteiger partial charge in [-0.15, -0.1) is 0 Å². The van der Waals surface area contributed by atoms with Crippen LogP contribution < -0.4 is 11.4 Å². The highest BCUT2D eigenvalue weighted by atomic mass is 16.4. The van der Waals surface area contributed by atoms with Gasteiger partial charge in [0.1, 0.15) is 16.7 Å². The normalized spacial score (nSPS) is 13.5. The van der Waals surface area contributed by atoms with Gasteiger partial charge in [-0.05, 0) is 20.8 Å². The largest absolute Gasteiger partial charge is 0.422 e. The maximum absolute atomic E-state index is 11.9. The van der Waals surface area contributed by atoms with Crippen molar-refractivity contribution in [3.63, 3.8) is 0 Å². The molecule has 0 fully saturated rings. The Morgan fingerprint density at radius 3 is 2.80 bits per heavy atom. The maximum atomic E-state index is 11.9. The van der Waals surface area contributed by atoms with Gasteiger partial charge < -0.3 is 10.2 Å². The minimum Gasteiger partial charge on any atom is -0.422 e. The van der Waals surface area contributed by atoms with E-state index in [1.54, 1.807) is 30.2 Å². The summed E-state index contributed by atoms with van der Waals surface area (Å²) in [5, 5.41) is 4.65. The number of aryl methyl sites for hydroxylation is 1. The summed E-state index contributed by atoms with van der Waals surface area (Å²) in [7, 11) is 1.75. The molecule has 0 bridgehead atoms. The van der Waals surface area contributed by atoms with Crippen LogP contribution in [0.1, 0.15) is 26.5 Å². The van der Waals surface area contributed by atoms with Crippen molar-refractivity contribution in [2.45, 2.75) is 26.3 Å². The fraction of sp³-hybridized carbons (Fsp3) is 0.357. The smallest absolute Gasteiger partial charge is 0.347 e. The highest BCUT2D eigenvalue weighted by Gasteiger charge is 2.11. The van der Waals surface area contributed by atoms with Gasteiger partial charge in [0, 0.05) is 31.7 Å². The van der Waals surface area contributed by atoms with Crippen molar-refractivity contribution in [3.05, 3.63) is 34.6 Å². The van der Waals surface area contributed by atoms with E-state index in [0.717, 1.165) is 0 Å². The molecule has 0 saturated carbocycles. The van der Waals surface area contributed by atoms with Gasteiger partial charge in [-0.1, -0.05) is 0 Å². The van der Waals surface area contributed by atoms with E-state index in [9.17, 15) is 4.79 Å². The topological polar surface area (TPSA) is 86.4 Å². The fourth-order valence-corrected chi connectivity index (χ4v) is 1.67. The standard InChI is InChI=1S/C14H18N4O2/c1-14(2,3)16-7-9(6-15)12-5-11-10(13(19)20-12)8-18(4)17-11/h5-8H,15H2,1-4H3. The lowest BCUT2D eigenvalue weighted by Gasteiger charge is -2.11. The number of aromatic nitrogens is 2. The molecule has 6 heteroatoms. The van der Waals surface area contributed by atoms with Gasteiger partial charge in [0.05, 0.1) is 11.1 Å². The molecule has 0 amide bonds. The summed E-state index contributed by atoms with van der Waals surface area (Å²) in [5.74, 6) is 0.358. The predicted molar refractivity (Wildman–Crippen MR) is 79.7 cm³/mol. The SMILES string of the molecule is Cn1cc2c(=O)oc(C(C=NC(C)(C)C)=CN)cc2n1. The summed E-state index contributed by atoms with van der Waals surface area (Å²) < 4.78 is 6.84. The second kappa shape index (κ2) is 4.96. The Morgan fingerprint density at radius 2 is 2.20 bits per heavy atom. The second-order valence-electron chi connectivity index (χ2n) is 5.55. The van der Waals surface area contributed by atoms with E-state index < -0.39 is 5.63 Å². The molecule has 0 radical (unpaired) electrons. The van der Waals surface area contributed by atoms with Crippen LogP contribution in [0.15, 0.2) is 32.7 Å². The average Bonchev–Trinajstić information content (AvgIpc) is 2.69. The Labute approximate surface area is 116 Å². The summed E-state index contributed by atoms with van der Waals surface area (Å²) >= 11 is 0.